The molecule has 1 unspecified atom stereocenters. The second-order valence-electron chi connectivity index (χ2n) is 5.94. The van der Waals surface area contributed by atoms with Gasteiger partial charge < -0.3 is 9.80 Å². The summed E-state index contributed by atoms with van der Waals surface area (Å²) < 4.78 is 0. The third-order valence-electron chi connectivity index (χ3n) is 4.20. The zero-order valence-corrected chi connectivity index (χ0v) is 13.5. The van der Waals surface area contributed by atoms with E-state index in [9.17, 15) is 0 Å². The van der Waals surface area contributed by atoms with Crippen molar-refractivity contribution in [1.82, 2.24) is 15.2 Å². The molecule has 0 saturated heterocycles. The zero-order chi connectivity index (χ0) is 15.5. The molecular formula is C17H23N5. The first-order valence-corrected chi connectivity index (χ1v) is 7.98. The molecule has 0 aliphatic carbocycles. The highest BCUT2D eigenvalue weighted by Gasteiger charge is 2.29. The molecule has 116 valence electrons. The fourth-order valence-electron chi connectivity index (χ4n) is 2.95. The maximum absolute atomic E-state index is 4.74. The van der Waals surface area contributed by atoms with Crippen molar-refractivity contribution in [3.63, 3.8) is 0 Å². The van der Waals surface area contributed by atoms with E-state index in [2.05, 4.69) is 65.2 Å². The van der Waals surface area contributed by atoms with E-state index in [-0.39, 0.29) is 0 Å². The lowest BCUT2D eigenvalue weighted by Crippen LogP contribution is -2.27. The van der Waals surface area contributed by atoms with Crippen LogP contribution in [0.1, 0.15) is 32.3 Å². The number of fused-ring (bicyclic) bond motifs is 1. The van der Waals surface area contributed by atoms with Gasteiger partial charge in [0.15, 0.2) is 5.82 Å². The third-order valence-corrected chi connectivity index (χ3v) is 4.20. The van der Waals surface area contributed by atoms with Gasteiger partial charge in [0.1, 0.15) is 0 Å². The lowest BCUT2D eigenvalue weighted by molar-refractivity contribution is 0.719. The van der Waals surface area contributed by atoms with Crippen molar-refractivity contribution in [3.8, 4) is 0 Å². The summed E-state index contributed by atoms with van der Waals surface area (Å²) in [5.74, 6) is 1.58. The summed E-state index contributed by atoms with van der Waals surface area (Å²) in [6.45, 7) is 5.39. The Kier molecular flexibility index (Phi) is 4.22. The Hall–Kier alpha value is -2.17. The highest BCUT2D eigenvalue weighted by atomic mass is 15.4. The van der Waals surface area contributed by atoms with Crippen molar-refractivity contribution < 1.29 is 0 Å². The number of para-hydroxylation sites is 1. The molecule has 0 saturated carbocycles. The molecule has 3 rings (SSSR count). The van der Waals surface area contributed by atoms with Crippen molar-refractivity contribution in [2.24, 2.45) is 0 Å². The summed E-state index contributed by atoms with van der Waals surface area (Å²) in [5, 5.41) is 8.44. The topological polar surface area (TPSA) is 45.2 Å². The minimum Gasteiger partial charge on any atom is -0.358 e. The number of benzene rings is 1. The van der Waals surface area contributed by atoms with Gasteiger partial charge in [-0.3, -0.25) is 0 Å². The summed E-state index contributed by atoms with van der Waals surface area (Å²) in [5.41, 5.74) is 2.55. The number of hydrogen-bond donors (Lipinski definition) is 0. The zero-order valence-electron chi connectivity index (χ0n) is 13.5. The molecule has 0 N–H and O–H groups in total. The predicted molar refractivity (Wildman–Crippen MR) is 89.8 cm³/mol. The van der Waals surface area contributed by atoms with Crippen molar-refractivity contribution in [2.45, 2.75) is 39.2 Å². The van der Waals surface area contributed by atoms with Crippen LogP contribution in [0.15, 0.2) is 30.5 Å². The molecular weight excluding hydrogens is 274 g/mol. The quantitative estimate of drug-likeness (QED) is 0.848. The Balaban J connectivity index is 1.89. The van der Waals surface area contributed by atoms with Crippen LogP contribution < -0.4 is 9.80 Å². The lowest BCUT2D eigenvalue weighted by atomic mass is 10.1. The average molecular weight is 297 g/mol. The lowest BCUT2D eigenvalue weighted by Gasteiger charge is -2.24. The number of rotatable bonds is 5. The summed E-state index contributed by atoms with van der Waals surface area (Å²) in [6.07, 6.45) is 5.09. The molecule has 5 heteroatoms. The molecule has 0 radical (unpaired) electrons. The maximum atomic E-state index is 4.74. The predicted octanol–water partition coefficient (Wildman–Crippen LogP) is 3.19. The second-order valence-corrected chi connectivity index (χ2v) is 5.94. The largest absolute Gasteiger partial charge is 0.358 e. The Morgan fingerprint density at radius 3 is 2.95 bits per heavy atom. The molecule has 5 nitrogen and oxygen atoms in total. The van der Waals surface area contributed by atoms with Crippen LogP contribution >= 0.6 is 0 Å². The van der Waals surface area contributed by atoms with Crippen LogP contribution in [0, 0.1) is 0 Å². The number of hydrogen-bond acceptors (Lipinski definition) is 5. The van der Waals surface area contributed by atoms with E-state index in [0.29, 0.717) is 12.0 Å². The van der Waals surface area contributed by atoms with Crippen LogP contribution in [0.5, 0.6) is 0 Å². The van der Waals surface area contributed by atoms with Gasteiger partial charge in [-0.15, -0.1) is 5.10 Å². The molecule has 2 heterocycles. The Morgan fingerprint density at radius 2 is 2.14 bits per heavy atom. The smallest absolute Gasteiger partial charge is 0.252 e. The molecule has 22 heavy (non-hydrogen) atoms. The van der Waals surface area contributed by atoms with Crippen LogP contribution in [-0.2, 0) is 6.42 Å². The van der Waals surface area contributed by atoms with E-state index >= 15 is 0 Å². The number of unbranched alkanes of at least 4 members (excludes halogenated alkanes) is 1. The van der Waals surface area contributed by atoms with Gasteiger partial charge in [-0.25, -0.2) is 0 Å². The third kappa shape index (κ3) is 2.75. The van der Waals surface area contributed by atoms with E-state index in [1.807, 2.05) is 0 Å². The second kappa shape index (κ2) is 6.30. The van der Waals surface area contributed by atoms with E-state index in [0.717, 1.165) is 25.2 Å². The number of aromatic nitrogens is 3. The van der Waals surface area contributed by atoms with Crippen LogP contribution in [0.2, 0.25) is 0 Å². The summed E-state index contributed by atoms with van der Waals surface area (Å²) in [6, 6.07) is 8.82. The van der Waals surface area contributed by atoms with Crippen molar-refractivity contribution in [2.75, 3.05) is 23.4 Å². The van der Waals surface area contributed by atoms with Crippen LogP contribution in [0.4, 0.5) is 17.5 Å². The summed E-state index contributed by atoms with van der Waals surface area (Å²) >= 11 is 0. The SMILES string of the molecule is CCCCN(C)c1cnnc(N2c3ccccc3CC2C)n1. The van der Waals surface area contributed by atoms with Crippen molar-refractivity contribution >= 4 is 17.5 Å². The molecule has 0 amide bonds. The first-order chi connectivity index (χ1) is 10.7. The maximum Gasteiger partial charge on any atom is 0.252 e. The van der Waals surface area contributed by atoms with Crippen molar-refractivity contribution in [3.05, 3.63) is 36.0 Å². The van der Waals surface area contributed by atoms with Crippen molar-refractivity contribution in [1.29, 1.82) is 0 Å². The molecule has 1 aromatic heterocycles. The Labute approximate surface area is 132 Å². The number of nitrogens with zero attached hydrogens (tertiary/aromatic N) is 5. The molecule has 2 aromatic rings. The summed E-state index contributed by atoms with van der Waals surface area (Å²) in [7, 11) is 2.06. The molecule has 0 fully saturated rings. The highest BCUT2D eigenvalue weighted by Crippen LogP contribution is 2.36. The Morgan fingerprint density at radius 1 is 1.32 bits per heavy atom. The van der Waals surface area contributed by atoms with E-state index < -0.39 is 0 Å². The minimum atomic E-state index is 0.357. The fourth-order valence-corrected chi connectivity index (χ4v) is 2.95. The highest BCUT2D eigenvalue weighted by molar-refractivity contribution is 5.67. The van der Waals surface area contributed by atoms with E-state index in [1.54, 1.807) is 6.20 Å². The number of anilines is 3. The van der Waals surface area contributed by atoms with Gasteiger partial charge in [-0.1, -0.05) is 31.5 Å². The van der Waals surface area contributed by atoms with E-state index in [1.165, 1.54) is 17.7 Å². The van der Waals surface area contributed by atoms with E-state index in [4.69, 9.17) is 4.98 Å². The van der Waals surface area contributed by atoms with Crippen LogP contribution in [0.3, 0.4) is 0 Å². The molecule has 0 bridgehead atoms. The van der Waals surface area contributed by atoms with Gasteiger partial charge >= 0.3 is 0 Å². The van der Waals surface area contributed by atoms with Gasteiger partial charge in [0, 0.05) is 25.3 Å². The van der Waals surface area contributed by atoms with Crippen LogP contribution in [-0.4, -0.2) is 34.8 Å². The minimum absolute atomic E-state index is 0.357. The van der Waals surface area contributed by atoms with Gasteiger partial charge in [-0.05, 0) is 31.4 Å². The fraction of sp³-hybridized carbons (Fsp3) is 0.471. The monoisotopic (exact) mass is 297 g/mol. The standard InChI is InChI=1S/C17H23N5/c1-4-5-10-21(3)16-12-18-20-17(19-16)22-13(2)11-14-8-6-7-9-15(14)22/h6-9,12-13H,4-5,10-11H2,1-3H3. The van der Waals surface area contributed by atoms with Gasteiger partial charge in [0.05, 0.1) is 6.20 Å². The normalized spacial score (nSPS) is 16.7. The van der Waals surface area contributed by atoms with Gasteiger partial charge in [0.25, 0.3) is 5.95 Å². The molecule has 1 aromatic carbocycles. The summed E-state index contributed by atoms with van der Waals surface area (Å²) in [4.78, 5) is 9.08. The molecule has 0 spiro atoms. The molecule has 1 aliphatic rings. The van der Waals surface area contributed by atoms with Gasteiger partial charge in [0.2, 0.25) is 0 Å². The molecule has 1 atom stereocenters. The first kappa shape index (κ1) is 14.8. The molecule has 1 aliphatic heterocycles. The average Bonchev–Trinajstić information content (AvgIpc) is 2.88. The van der Waals surface area contributed by atoms with Crippen LogP contribution in [0.25, 0.3) is 0 Å². The van der Waals surface area contributed by atoms with Gasteiger partial charge in [-0.2, -0.15) is 10.1 Å². The Bertz CT molecular complexity index is 642. The first-order valence-electron chi connectivity index (χ1n) is 7.98.